The summed E-state index contributed by atoms with van der Waals surface area (Å²) < 4.78 is 5.32. The molecule has 3 N–H and O–H groups in total. The molecule has 0 fully saturated rings. The van der Waals surface area contributed by atoms with Crippen molar-refractivity contribution in [2.45, 2.75) is 53.1 Å². The number of carboxylic acids is 1. The molecular formula is C15H30N2O4. The maximum atomic E-state index is 11.6. The second-order valence-electron chi connectivity index (χ2n) is 5.63. The predicted molar refractivity (Wildman–Crippen MR) is 82.3 cm³/mol. The van der Waals surface area contributed by atoms with Gasteiger partial charge in [-0.2, -0.15) is 0 Å². The van der Waals surface area contributed by atoms with Crippen LogP contribution in [-0.4, -0.2) is 42.9 Å². The van der Waals surface area contributed by atoms with E-state index in [1.54, 1.807) is 0 Å². The van der Waals surface area contributed by atoms with E-state index in [0.717, 1.165) is 6.42 Å². The van der Waals surface area contributed by atoms with Crippen molar-refractivity contribution in [2.24, 2.45) is 11.8 Å². The Kier molecular flexibility index (Phi) is 10.7. The van der Waals surface area contributed by atoms with E-state index in [9.17, 15) is 9.59 Å². The Morgan fingerprint density at radius 1 is 1.14 bits per heavy atom. The summed E-state index contributed by atoms with van der Waals surface area (Å²) in [7, 11) is 0. The van der Waals surface area contributed by atoms with Crippen molar-refractivity contribution in [1.82, 2.24) is 10.6 Å². The van der Waals surface area contributed by atoms with Gasteiger partial charge in [0.15, 0.2) is 0 Å². The molecule has 2 unspecified atom stereocenters. The molecule has 0 aromatic carbocycles. The molecule has 6 nitrogen and oxygen atoms in total. The highest BCUT2D eigenvalue weighted by atomic mass is 16.5. The summed E-state index contributed by atoms with van der Waals surface area (Å²) >= 11 is 0. The number of hydrogen-bond acceptors (Lipinski definition) is 3. The van der Waals surface area contributed by atoms with Crippen LogP contribution in [0.3, 0.4) is 0 Å². The summed E-state index contributed by atoms with van der Waals surface area (Å²) in [4.78, 5) is 22.2. The molecule has 0 bridgehead atoms. The van der Waals surface area contributed by atoms with Gasteiger partial charge in [-0.1, -0.05) is 13.8 Å². The molecule has 0 aliphatic rings. The first-order chi connectivity index (χ1) is 9.86. The Balaban J connectivity index is 3.87. The lowest BCUT2D eigenvalue weighted by molar-refractivity contribution is -0.137. The minimum Gasteiger partial charge on any atom is -0.481 e. The fourth-order valence-electron chi connectivity index (χ4n) is 2.13. The van der Waals surface area contributed by atoms with Crippen LogP contribution in [0.4, 0.5) is 4.79 Å². The van der Waals surface area contributed by atoms with Crippen LogP contribution >= 0.6 is 0 Å². The van der Waals surface area contributed by atoms with E-state index in [4.69, 9.17) is 9.84 Å². The summed E-state index contributed by atoms with van der Waals surface area (Å²) in [5, 5.41) is 14.3. The lowest BCUT2D eigenvalue weighted by Gasteiger charge is -2.20. The van der Waals surface area contributed by atoms with Crippen LogP contribution in [0.5, 0.6) is 0 Å². The number of nitrogens with one attached hydrogen (secondary N) is 2. The molecule has 21 heavy (non-hydrogen) atoms. The smallest absolute Gasteiger partial charge is 0.314 e. The van der Waals surface area contributed by atoms with Gasteiger partial charge in [-0.15, -0.1) is 0 Å². The van der Waals surface area contributed by atoms with E-state index in [2.05, 4.69) is 24.5 Å². The number of amides is 2. The average molecular weight is 302 g/mol. The minimum absolute atomic E-state index is 0.000251. The van der Waals surface area contributed by atoms with Crippen LogP contribution in [0.1, 0.15) is 47.0 Å². The molecule has 0 saturated heterocycles. The maximum Gasteiger partial charge on any atom is 0.314 e. The largest absolute Gasteiger partial charge is 0.481 e. The van der Waals surface area contributed by atoms with Crippen LogP contribution in [0, 0.1) is 11.8 Å². The van der Waals surface area contributed by atoms with E-state index in [-0.39, 0.29) is 18.6 Å². The predicted octanol–water partition coefficient (Wildman–Crippen LogP) is 2.24. The first-order valence-electron chi connectivity index (χ1n) is 7.71. The van der Waals surface area contributed by atoms with Gasteiger partial charge in [0.1, 0.15) is 0 Å². The molecule has 0 rings (SSSR count). The summed E-state index contributed by atoms with van der Waals surface area (Å²) in [5.41, 5.74) is 0. The van der Waals surface area contributed by atoms with Gasteiger partial charge in [0, 0.05) is 26.1 Å². The van der Waals surface area contributed by atoms with Crippen molar-refractivity contribution in [3.63, 3.8) is 0 Å². The van der Waals surface area contributed by atoms with Gasteiger partial charge in [-0.25, -0.2) is 4.79 Å². The lowest BCUT2D eigenvalue weighted by atomic mass is 9.88. The van der Waals surface area contributed by atoms with E-state index in [1.807, 2.05) is 13.8 Å². The highest BCUT2D eigenvalue weighted by Crippen LogP contribution is 2.20. The van der Waals surface area contributed by atoms with Crippen molar-refractivity contribution < 1.29 is 19.4 Å². The van der Waals surface area contributed by atoms with Gasteiger partial charge >= 0.3 is 12.0 Å². The monoisotopic (exact) mass is 302 g/mol. The third-order valence-corrected chi connectivity index (χ3v) is 3.47. The van der Waals surface area contributed by atoms with Gasteiger partial charge in [0.2, 0.25) is 0 Å². The Morgan fingerprint density at radius 2 is 1.81 bits per heavy atom. The molecule has 0 saturated carbocycles. The minimum atomic E-state index is -0.767. The fraction of sp³-hybridized carbons (Fsp3) is 0.867. The molecule has 6 heteroatoms. The molecule has 124 valence electrons. The quantitative estimate of drug-likeness (QED) is 0.546. The van der Waals surface area contributed by atoms with Crippen molar-refractivity contribution >= 4 is 12.0 Å². The summed E-state index contributed by atoms with van der Waals surface area (Å²) in [6, 6.07) is -0.206. The Labute approximate surface area is 127 Å². The van der Waals surface area contributed by atoms with Gasteiger partial charge in [0.05, 0.1) is 6.10 Å². The molecule has 0 heterocycles. The number of rotatable bonds is 11. The maximum absolute atomic E-state index is 11.6. The van der Waals surface area contributed by atoms with Gasteiger partial charge in [-0.05, 0) is 38.5 Å². The molecule has 0 radical (unpaired) electrons. The van der Waals surface area contributed by atoms with E-state index >= 15 is 0 Å². The lowest BCUT2D eigenvalue weighted by Crippen LogP contribution is -2.40. The number of urea groups is 1. The van der Waals surface area contributed by atoms with Crippen molar-refractivity contribution in [3.8, 4) is 0 Å². The Morgan fingerprint density at radius 3 is 2.33 bits per heavy atom. The molecule has 0 aromatic heterocycles. The SMILES string of the molecule is CCOC(C)CNC(=O)NCCC(CCC(=O)O)C(C)C. The molecule has 0 aromatic rings. The van der Waals surface area contributed by atoms with Crippen LogP contribution in [0.2, 0.25) is 0 Å². The second-order valence-corrected chi connectivity index (χ2v) is 5.63. The fourth-order valence-corrected chi connectivity index (χ4v) is 2.13. The number of hydrogen-bond donors (Lipinski definition) is 3. The first kappa shape index (κ1) is 19.7. The molecular weight excluding hydrogens is 272 g/mol. The third kappa shape index (κ3) is 11.1. The molecule has 0 spiro atoms. The first-order valence-corrected chi connectivity index (χ1v) is 7.71. The van der Waals surface area contributed by atoms with Crippen LogP contribution in [0.25, 0.3) is 0 Å². The van der Waals surface area contributed by atoms with E-state index in [1.165, 1.54) is 0 Å². The Hall–Kier alpha value is -1.30. The number of ether oxygens (including phenoxy) is 1. The number of aliphatic carboxylic acids is 1. The van der Waals surface area contributed by atoms with Gasteiger partial charge < -0.3 is 20.5 Å². The normalized spacial score (nSPS) is 13.8. The standard InChI is InChI=1S/C15H30N2O4/c1-5-21-12(4)10-17-15(20)16-9-8-13(11(2)3)6-7-14(18)19/h11-13H,5-10H2,1-4H3,(H,18,19)(H2,16,17,20). The Bertz CT molecular complexity index is 308. The van der Waals surface area contributed by atoms with Crippen LogP contribution < -0.4 is 10.6 Å². The van der Waals surface area contributed by atoms with Crippen molar-refractivity contribution in [1.29, 1.82) is 0 Å². The molecule has 0 aliphatic carbocycles. The number of carbonyl (C=O) groups excluding carboxylic acids is 1. The summed E-state index contributed by atoms with van der Waals surface area (Å²) in [5.74, 6) is -0.0489. The van der Waals surface area contributed by atoms with Crippen molar-refractivity contribution in [3.05, 3.63) is 0 Å². The zero-order valence-electron chi connectivity index (χ0n) is 13.6. The zero-order chi connectivity index (χ0) is 16.3. The number of carboxylic acid groups (broad SMARTS) is 1. The zero-order valence-corrected chi connectivity index (χ0v) is 13.6. The third-order valence-electron chi connectivity index (χ3n) is 3.47. The van der Waals surface area contributed by atoms with Gasteiger partial charge in [0.25, 0.3) is 0 Å². The topological polar surface area (TPSA) is 87.7 Å². The van der Waals surface area contributed by atoms with E-state index in [0.29, 0.717) is 38.0 Å². The highest BCUT2D eigenvalue weighted by molar-refractivity contribution is 5.73. The summed E-state index contributed by atoms with van der Waals surface area (Å²) in [6.45, 7) is 9.64. The van der Waals surface area contributed by atoms with E-state index < -0.39 is 5.97 Å². The van der Waals surface area contributed by atoms with Crippen LogP contribution in [-0.2, 0) is 9.53 Å². The van der Waals surface area contributed by atoms with Crippen molar-refractivity contribution in [2.75, 3.05) is 19.7 Å². The number of carbonyl (C=O) groups is 2. The molecule has 2 atom stereocenters. The molecule has 0 aliphatic heterocycles. The second kappa shape index (κ2) is 11.4. The van der Waals surface area contributed by atoms with Crippen LogP contribution in [0.15, 0.2) is 0 Å². The highest BCUT2D eigenvalue weighted by Gasteiger charge is 2.15. The van der Waals surface area contributed by atoms with Gasteiger partial charge in [-0.3, -0.25) is 4.79 Å². The summed E-state index contributed by atoms with van der Waals surface area (Å²) in [6.07, 6.45) is 1.62. The molecule has 2 amide bonds. The average Bonchev–Trinajstić information content (AvgIpc) is 2.40.